The smallest absolute Gasteiger partial charge is 0.328 e. The summed E-state index contributed by atoms with van der Waals surface area (Å²) in [6, 6.07) is 8.32. The standard InChI is InChI=1S/C22H19BrN2O8S/c1-12(21(27)32-3)24-20(26)18(34-22(24)28)10-14-8-16(23)19(17(9-14)31-2)33-11-13-5-4-6-15(7-13)25(29)30/h4-10,12H,11H2,1-3H3/b18-10+/t12-/m0/s1. The molecule has 0 aliphatic carbocycles. The predicted octanol–water partition coefficient (Wildman–Crippen LogP) is 4.54. The Morgan fingerprint density at radius 1 is 1.26 bits per heavy atom. The number of carbonyl (C=O) groups excluding carboxylic acids is 3. The van der Waals surface area contributed by atoms with Crippen LogP contribution in [0, 0.1) is 10.1 Å². The normalized spacial score (nSPS) is 15.4. The van der Waals surface area contributed by atoms with Crippen LogP contribution in [-0.4, -0.2) is 47.2 Å². The van der Waals surface area contributed by atoms with Gasteiger partial charge in [0.05, 0.1) is 28.5 Å². The van der Waals surface area contributed by atoms with Gasteiger partial charge in [-0.3, -0.25) is 24.6 Å². The maximum Gasteiger partial charge on any atom is 0.328 e. The van der Waals surface area contributed by atoms with Gasteiger partial charge in [-0.25, -0.2) is 4.79 Å². The topological polar surface area (TPSA) is 125 Å². The van der Waals surface area contributed by atoms with Gasteiger partial charge < -0.3 is 14.2 Å². The monoisotopic (exact) mass is 550 g/mol. The molecule has 0 N–H and O–H groups in total. The minimum atomic E-state index is -1.05. The van der Waals surface area contributed by atoms with Crippen molar-refractivity contribution < 1.29 is 33.5 Å². The predicted molar refractivity (Wildman–Crippen MR) is 127 cm³/mol. The number of hydrogen-bond acceptors (Lipinski definition) is 9. The number of non-ortho nitro benzene ring substituents is 1. The molecule has 1 aliphatic rings. The minimum Gasteiger partial charge on any atom is -0.493 e. The van der Waals surface area contributed by atoms with Gasteiger partial charge in [-0.2, -0.15) is 0 Å². The van der Waals surface area contributed by atoms with Gasteiger partial charge in [-0.15, -0.1) is 0 Å². The molecule has 12 heteroatoms. The molecule has 2 aromatic carbocycles. The number of hydrogen-bond donors (Lipinski definition) is 0. The SMILES string of the molecule is COC(=O)[C@H](C)N1C(=O)S/C(=C/c2cc(Br)c(OCc3cccc([N+](=O)[O-])c3)c(OC)c2)C1=O. The van der Waals surface area contributed by atoms with Gasteiger partial charge in [0.2, 0.25) is 0 Å². The van der Waals surface area contributed by atoms with Crippen LogP contribution in [0.25, 0.3) is 6.08 Å². The van der Waals surface area contributed by atoms with Crippen molar-refractivity contribution in [3.05, 3.63) is 67.0 Å². The highest BCUT2D eigenvalue weighted by Gasteiger charge is 2.41. The summed E-state index contributed by atoms with van der Waals surface area (Å²) in [5.74, 6) is -0.598. The van der Waals surface area contributed by atoms with Crippen LogP contribution in [0.2, 0.25) is 0 Å². The number of imide groups is 1. The first kappa shape index (κ1) is 25.2. The van der Waals surface area contributed by atoms with E-state index in [1.54, 1.807) is 24.3 Å². The molecule has 0 saturated carbocycles. The van der Waals surface area contributed by atoms with E-state index in [0.29, 0.717) is 38.9 Å². The number of methoxy groups -OCH3 is 2. The van der Waals surface area contributed by atoms with E-state index in [-0.39, 0.29) is 17.2 Å². The number of halogens is 1. The van der Waals surface area contributed by atoms with Crippen LogP contribution in [0.1, 0.15) is 18.1 Å². The van der Waals surface area contributed by atoms with Crippen LogP contribution >= 0.6 is 27.7 Å². The Hall–Kier alpha value is -3.38. The lowest BCUT2D eigenvalue weighted by molar-refractivity contribution is -0.384. The van der Waals surface area contributed by atoms with Crippen molar-refractivity contribution >= 4 is 56.6 Å². The third kappa shape index (κ3) is 5.39. The van der Waals surface area contributed by atoms with E-state index in [1.807, 2.05) is 0 Å². The largest absolute Gasteiger partial charge is 0.493 e. The van der Waals surface area contributed by atoms with Crippen LogP contribution in [0.4, 0.5) is 10.5 Å². The Kier molecular flexibility index (Phi) is 7.94. The molecular weight excluding hydrogens is 532 g/mol. The second-order valence-electron chi connectivity index (χ2n) is 7.00. The number of ether oxygens (including phenoxy) is 3. The first-order valence-corrected chi connectivity index (χ1v) is 11.4. The van der Waals surface area contributed by atoms with Gasteiger partial charge in [0, 0.05) is 12.1 Å². The number of thioether (sulfide) groups is 1. The van der Waals surface area contributed by atoms with Crippen molar-refractivity contribution in [2.24, 2.45) is 0 Å². The summed E-state index contributed by atoms with van der Waals surface area (Å²) in [5, 5.41) is 10.4. The second kappa shape index (κ2) is 10.7. The molecule has 1 fully saturated rings. The van der Waals surface area contributed by atoms with Gasteiger partial charge in [0.25, 0.3) is 16.8 Å². The zero-order valence-corrected chi connectivity index (χ0v) is 20.7. The van der Waals surface area contributed by atoms with Gasteiger partial charge in [0.1, 0.15) is 12.6 Å². The number of esters is 1. The average molecular weight is 551 g/mol. The Balaban J connectivity index is 1.83. The number of nitro groups is 1. The van der Waals surface area contributed by atoms with Crippen molar-refractivity contribution in [1.29, 1.82) is 0 Å². The summed E-state index contributed by atoms with van der Waals surface area (Å²) in [4.78, 5) is 48.3. The Bertz CT molecular complexity index is 1200. The quantitative estimate of drug-likeness (QED) is 0.201. The van der Waals surface area contributed by atoms with Gasteiger partial charge in [-0.05, 0) is 64.0 Å². The summed E-state index contributed by atoms with van der Waals surface area (Å²) in [6.07, 6.45) is 1.51. The van der Waals surface area contributed by atoms with Crippen LogP contribution in [0.5, 0.6) is 11.5 Å². The van der Waals surface area contributed by atoms with Crippen molar-refractivity contribution in [3.8, 4) is 11.5 Å². The molecule has 2 aromatic rings. The molecule has 0 radical (unpaired) electrons. The highest BCUT2D eigenvalue weighted by Crippen LogP contribution is 2.40. The molecule has 0 spiro atoms. The molecule has 0 bridgehead atoms. The Morgan fingerprint density at radius 2 is 2.00 bits per heavy atom. The number of nitrogens with zero attached hydrogens (tertiary/aromatic N) is 2. The summed E-state index contributed by atoms with van der Waals surface area (Å²) < 4.78 is 16.4. The van der Waals surface area contributed by atoms with E-state index in [2.05, 4.69) is 20.7 Å². The molecule has 0 aromatic heterocycles. The molecule has 2 amide bonds. The number of amides is 2. The highest BCUT2D eigenvalue weighted by atomic mass is 79.9. The first-order chi connectivity index (χ1) is 16.2. The Morgan fingerprint density at radius 3 is 2.65 bits per heavy atom. The van der Waals surface area contributed by atoms with E-state index < -0.39 is 28.1 Å². The van der Waals surface area contributed by atoms with E-state index >= 15 is 0 Å². The molecule has 0 unspecified atom stereocenters. The molecule has 1 aliphatic heterocycles. The van der Waals surface area contributed by atoms with Crippen LogP contribution in [-0.2, 0) is 20.9 Å². The fourth-order valence-electron chi connectivity index (χ4n) is 3.12. The number of carbonyl (C=O) groups is 3. The number of benzene rings is 2. The number of nitro benzene ring substituents is 1. The van der Waals surface area contributed by atoms with Gasteiger partial charge in [0.15, 0.2) is 11.5 Å². The third-order valence-corrected chi connectivity index (χ3v) is 6.28. The summed E-state index contributed by atoms with van der Waals surface area (Å²) in [7, 11) is 2.62. The molecule has 1 saturated heterocycles. The van der Waals surface area contributed by atoms with Gasteiger partial charge in [-0.1, -0.05) is 12.1 Å². The lowest BCUT2D eigenvalue weighted by Gasteiger charge is -2.18. The first-order valence-electron chi connectivity index (χ1n) is 9.74. The van der Waals surface area contributed by atoms with Crippen LogP contribution in [0.3, 0.4) is 0 Å². The molecular formula is C22H19BrN2O8S. The number of rotatable bonds is 8. The maximum absolute atomic E-state index is 12.7. The highest BCUT2D eigenvalue weighted by molar-refractivity contribution is 9.10. The summed E-state index contributed by atoms with van der Waals surface area (Å²) in [6.45, 7) is 1.47. The van der Waals surface area contributed by atoms with Crippen molar-refractivity contribution in [2.45, 2.75) is 19.6 Å². The molecule has 1 atom stereocenters. The summed E-state index contributed by atoms with van der Waals surface area (Å²) in [5.41, 5.74) is 1.10. The molecule has 34 heavy (non-hydrogen) atoms. The van der Waals surface area contributed by atoms with Crippen LogP contribution in [0.15, 0.2) is 45.8 Å². The molecule has 10 nitrogen and oxygen atoms in total. The second-order valence-corrected chi connectivity index (χ2v) is 8.85. The van der Waals surface area contributed by atoms with Crippen molar-refractivity contribution in [1.82, 2.24) is 4.90 Å². The maximum atomic E-state index is 12.7. The lowest BCUT2D eigenvalue weighted by Crippen LogP contribution is -2.42. The fraction of sp³-hybridized carbons (Fsp3) is 0.227. The lowest BCUT2D eigenvalue weighted by atomic mass is 10.1. The fourth-order valence-corrected chi connectivity index (χ4v) is 4.60. The Labute approximate surface area is 207 Å². The third-order valence-electron chi connectivity index (χ3n) is 4.81. The zero-order chi connectivity index (χ0) is 25.0. The minimum absolute atomic E-state index is 0.0436. The molecule has 1 heterocycles. The van der Waals surface area contributed by atoms with Crippen molar-refractivity contribution in [3.63, 3.8) is 0 Å². The molecule has 178 valence electrons. The van der Waals surface area contributed by atoms with Gasteiger partial charge >= 0.3 is 5.97 Å². The zero-order valence-electron chi connectivity index (χ0n) is 18.3. The van der Waals surface area contributed by atoms with Crippen molar-refractivity contribution in [2.75, 3.05) is 14.2 Å². The van der Waals surface area contributed by atoms with E-state index in [9.17, 15) is 24.5 Å². The van der Waals surface area contributed by atoms with E-state index in [1.165, 1.54) is 39.4 Å². The summed E-state index contributed by atoms with van der Waals surface area (Å²) >= 11 is 4.13. The van der Waals surface area contributed by atoms with Crippen LogP contribution < -0.4 is 9.47 Å². The molecule has 3 rings (SSSR count). The van der Waals surface area contributed by atoms with E-state index in [4.69, 9.17) is 9.47 Å². The average Bonchev–Trinajstić information content (AvgIpc) is 3.09. The van der Waals surface area contributed by atoms with E-state index in [0.717, 1.165) is 4.90 Å².